The lowest BCUT2D eigenvalue weighted by Crippen LogP contribution is -2.43. The van der Waals surface area contributed by atoms with Crippen LogP contribution in [0.2, 0.25) is 0 Å². The fourth-order valence-electron chi connectivity index (χ4n) is 2.28. The molecule has 0 radical (unpaired) electrons. The minimum Gasteiger partial charge on any atom is -0.481 e. The molecule has 0 aliphatic heterocycles. The zero-order valence-corrected chi connectivity index (χ0v) is 10.5. The van der Waals surface area contributed by atoms with Crippen molar-refractivity contribution in [1.29, 1.82) is 0 Å². The molecule has 0 aromatic rings. The molecule has 0 aromatic carbocycles. The van der Waals surface area contributed by atoms with Crippen LogP contribution in [0.1, 0.15) is 33.1 Å². The highest BCUT2D eigenvalue weighted by Crippen LogP contribution is 2.34. The van der Waals surface area contributed by atoms with E-state index >= 15 is 0 Å². The number of nitrogens with one attached hydrogen (secondary N) is 1. The van der Waals surface area contributed by atoms with Gasteiger partial charge in [-0.05, 0) is 32.1 Å². The Morgan fingerprint density at radius 3 is 2.50 bits per heavy atom. The minimum atomic E-state index is -0.862. The molecular formula is C11H19NO3S. The number of amides is 1. The van der Waals surface area contributed by atoms with Crippen LogP contribution in [0.4, 0.5) is 0 Å². The second-order valence-corrected chi connectivity index (χ2v) is 5.43. The predicted octanol–water partition coefficient (Wildman–Crippen LogP) is 1.52. The Balaban J connectivity index is 2.71. The molecule has 1 amide bonds. The van der Waals surface area contributed by atoms with Crippen molar-refractivity contribution in [2.24, 2.45) is 17.8 Å². The van der Waals surface area contributed by atoms with Crippen LogP contribution in [-0.2, 0) is 9.59 Å². The van der Waals surface area contributed by atoms with E-state index in [0.29, 0.717) is 18.8 Å². The molecule has 2 N–H and O–H groups in total. The summed E-state index contributed by atoms with van der Waals surface area (Å²) in [4.78, 5) is 22.9. The van der Waals surface area contributed by atoms with Gasteiger partial charge in [-0.25, -0.2) is 0 Å². The van der Waals surface area contributed by atoms with E-state index in [4.69, 9.17) is 5.11 Å². The molecule has 92 valence electrons. The highest BCUT2D eigenvalue weighted by molar-refractivity contribution is 7.80. The van der Waals surface area contributed by atoms with Crippen LogP contribution < -0.4 is 5.32 Å². The average Bonchev–Trinajstić information content (AvgIpc) is 2.15. The first-order valence-electron chi connectivity index (χ1n) is 5.63. The maximum atomic E-state index is 11.8. The van der Waals surface area contributed by atoms with Crippen molar-refractivity contribution >= 4 is 24.5 Å². The van der Waals surface area contributed by atoms with E-state index in [2.05, 4.69) is 24.9 Å². The number of hydrogen-bond acceptors (Lipinski definition) is 3. The molecule has 1 aliphatic rings. The number of hydrogen-bond donors (Lipinski definition) is 3. The number of carboxylic acids is 1. The van der Waals surface area contributed by atoms with E-state index in [1.165, 1.54) is 0 Å². The molecule has 16 heavy (non-hydrogen) atoms. The lowest BCUT2D eigenvalue weighted by molar-refractivity contribution is -0.149. The van der Waals surface area contributed by atoms with Crippen molar-refractivity contribution in [3.8, 4) is 0 Å². The van der Waals surface area contributed by atoms with Gasteiger partial charge in [0.25, 0.3) is 0 Å². The van der Waals surface area contributed by atoms with Crippen molar-refractivity contribution in [2.45, 2.75) is 38.5 Å². The Bertz CT molecular complexity index is 280. The summed E-state index contributed by atoms with van der Waals surface area (Å²) in [6, 6.07) is 0. The number of thiol groups is 1. The van der Waals surface area contributed by atoms with Crippen LogP contribution in [0.15, 0.2) is 0 Å². The van der Waals surface area contributed by atoms with Gasteiger partial charge in [0, 0.05) is 0 Å². The second-order valence-electron chi connectivity index (χ2n) is 4.65. The Morgan fingerprint density at radius 2 is 2.00 bits per heavy atom. The van der Waals surface area contributed by atoms with Crippen LogP contribution in [0, 0.1) is 17.8 Å². The molecule has 0 spiro atoms. The first kappa shape index (κ1) is 13.4. The number of carboxylic acid groups (broad SMARTS) is 1. The molecule has 1 aliphatic carbocycles. The van der Waals surface area contributed by atoms with Crippen LogP contribution in [-0.4, -0.2) is 22.4 Å². The zero-order chi connectivity index (χ0) is 12.3. The molecular weight excluding hydrogens is 226 g/mol. The summed E-state index contributed by atoms with van der Waals surface area (Å²) >= 11 is 4.08. The van der Waals surface area contributed by atoms with Gasteiger partial charge in [0.2, 0.25) is 5.91 Å². The van der Waals surface area contributed by atoms with E-state index in [9.17, 15) is 9.59 Å². The molecule has 1 rings (SSSR count). The van der Waals surface area contributed by atoms with Gasteiger partial charge in [-0.2, -0.15) is 12.6 Å². The molecule has 0 bridgehead atoms. The number of rotatable bonds is 3. The molecule has 0 saturated heterocycles. The number of carbonyl (C=O) groups is 2. The van der Waals surface area contributed by atoms with Crippen molar-refractivity contribution in [2.75, 3.05) is 0 Å². The summed E-state index contributed by atoms with van der Waals surface area (Å²) in [6.07, 6.45) is 2.13. The van der Waals surface area contributed by atoms with Gasteiger partial charge in [0.15, 0.2) is 0 Å². The summed E-state index contributed by atoms with van der Waals surface area (Å²) in [7, 11) is 0. The minimum absolute atomic E-state index is 0.179. The third kappa shape index (κ3) is 3.40. The van der Waals surface area contributed by atoms with Crippen LogP contribution >= 0.6 is 12.6 Å². The molecule has 5 heteroatoms. The zero-order valence-electron chi connectivity index (χ0n) is 9.64. The molecule has 1 fully saturated rings. The summed E-state index contributed by atoms with van der Waals surface area (Å²) in [5.41, 5.74) is 0. The smallest absolute Gasteiger partial charge is 0.307 e. The van der Waals surface area contributed by atoms with Gasteiger partial charge in [0.05, 0.1) is 17.2 Å². The Kier molecular flexibility index (Phi) is 4.65. The molecule has 0 aromatic heterocycles. The van der Waals surface area contributed by atoms with Gasteiger partial charge in [-0.1, -0.05) is 6.92 Å². The summed E-state index contributed by atoms with van der Waals surface area (Å²) in [6.45, 7) is 3.81. The summed E-state index contributed by atoms with van der Waals surface area (Å²) in [5.74, 6) is -1.57. The maximum Gasteiger partial charge on any atom is 0.307 e. The van der Waals surface area contributed by atoms with Gasteiger partial charge < -0.3 is 10.4 Å². The molecule has 4 unspecified atom stereocenters. The molecule has 1 saturated carbocycles. The molecule has 4 atom stereocenters. The largest absolute Gasteiger partial charge is 0.481 e. The van der Waals surface area contributed by atoms with E-state index in [1.54, 1.807) is 6.92 Å². The third-order valence-corrected chi connectivity index (χ3v) is 3.25. The molecule has 4 nitrogen and oxygen atoms in total. The lowest BCUT2D eigenvalue weighted by Gasteiger charge is -2.31. The predicted molar refractivity (Wildman–Crippen MR) is 64.2 cm³/mol. The lowest BCUT2D eigenvalue weighted by atomic mass is 9.74. The second kappa shape index (κ2) is 5.57. The van der Waals surface area contributed by atoms with E-state index in [0.717, 1.165) is 6.42 Å². The third-order valence-electron chi connectivity index (χ3n) is 3.12. The van der Waals surface area contributed by atoms with Crippen LogP contribution in [0.5, 0.6) is 0 Å². The monoisotopic (exact) mass is 245 g/mol. The first-order valence-corrected chi connectivity index (χ1v) is 6.14. The normalized spacial score (nSPS) is 31.8. The standard InChI is InChI=1S/C11H19NO3S/c1-6-3-4-8(11(14)15)9(5-6)10(13)12-7(2)16/h6-9,16H,3-5H2,1-2H3,(H,12,13)(H,14,15). The Hall–Kier alpha value is -0.710. The summed E-state index contributed by atoms with van der Waals surface area (Å²) in [5, 5.41) is 11.5. The van der Waals surface area contributed by atoms with Crippen LogP contribution in [0.3, 0.4) is 0 Å². The van der Waals surface area contributed by atoms with Crippen molar-refractivity contribution in [1.82, 2.24) is 5.32 Å². The highest BCUT2D eigenvalue weighted by atomic mass is 32.1. The van der Waals surface area contributed by atoms with Crippen molar-refractivity contribution in [3.05, 3.63) is 0 Å². The quantitative estimate of drug-likeness (QED) is 0.521. The fourth-order valence-corrected chi connectivity index (χ4v) is 2.41. The first-order chi connectivity index (χ1) is 7.41. The van der Waals surface area contributed by atoms with E-state index < -0.39 is 17.8 Å². The van der Waals surface area contributed by atoms with Crippen molar-refractivity contribution < 1.29 is 14.7 Å². The number of aliphatic carboxylic acids is 1. The molecule has 0 heterocycles. The highest BCUT2D eigenvalue weighted by Gasteiger charge is 2.38. The van der Waals surface area contributed by atoms with E-state index in [1.807, 2.05) is 0 Å². The topological polar surface area (TPSA) is 66.4 Å². The average molecular weight is 245 g/mol. The van der Waals surface area contributed by atoms with Crippen molar-refractivity contribution in [3.63, 3.8) is 0 Å². The maximum absolute atomic E-state index is 11.8. The van der Waals surface area contributed by atoms with Gasteiger partial charge >= 0.3 is 5.97 Å². The Labute approximate surface area is 101 Å². The van der Waals surface area contributed by atoms with E-state index in [-0.39, 0.29) is 11.3 Å². The fraction of sp³-hybridized carbons (Fsp3) is 0.818. The summed E-state index contributed by atoms with van der Waals surface area (Å²) < 4.78 is 0. The van der Waals surface area contributed by atoms with Crippen LogP contribution in [0.25, 0.3) is 0 Å². The Morgan fingerprint density at radius 1 is 1.38 bits per heavy atom. The number of carbonyl (C=O) groups excluding carboxylic acids is 1. The van der Waals surface area contributed by atoms with Gasteiger partial charge in [-0.3, -0.25) is 9.59 Å². The van der Waals surface area contributed by atoms with Gasteiger partial charge in [0.1, 0.15) is 0 Å². The SMILES string of the molecule is CC1CCC(C(=O)O)C(C(=O)NC(C)S)C1. The van der Waals surface area contributed by atoms with Gasteiger partial charge in [-0.15, -0.1) is 0 Å².